The lowest BCUT2D eigenvalue weighted by Crippen LogP contribution is -2.50. The number of urea groups is 1. The van der Waals surface area contributed by atoms with Crippen molar-refractivity contribution >= 4 is 6.03 Å². The summed E-state index contributed by atoms with van der Waals surface area (Å²) in [6.45, 7) is 4.56. The van der Waals surface area contributed by atoms with Crippen LogP contribution in [0.1, 0.15) is 26.2 Å². The standard InChI is InChI=1S/C16H26F2N2O3/c1-14-3-6-20(9-12(14)16(14,17)18)13(21)19-10-15(11-22-2)4-7-23-8-5-15/h12H,3-11H2,1-2H3,(H,19,21). The maximum atomic E-state index is 13.8. The largest absolute Gasteiger partial charge is 0.384 e. The molecule has 5 nitrogen and oxygen atoms in total. The van der Waals surface area contributed by atoms with E-state index < -0.39 is 17.3 Å². The summed E-state index contributed by atoms with van der Waals surface area (Å²) >= 11 is 0. The first-order valence-electron chi connectivity index (χ1n) is 8.32. The van der Waals surface area contributed by atoms with E-state index in [1.165, 1.54) is 4.90 Å². The van der Waals surface area contributed by atoms with E-state index in [1.807, 2.05) is 0 Å². The fraction of sp³-hybridized carbons (Fsp3) is 0.938. The van der Waals surface area contributed by atoms with Crippen LogP contribution in [-0.2, 0) is 9.47 Å². The molecule has 7 heteroatoms. The Morgan fingerprint density at radius 3 is 2.65 bits per heavy atom. The molecule has 1 saturated carbocycles. The van der Waals surface area contributed by atoms with Gasteiger partial charge in [-0.05, 0) is 19.3 Å². The molecule has 2 atom stereocenters. The maximum Gasteiger partial charge on any atom is 0.317 e. The molecule has 2 unspecified atom stereocenters. The van der Waals surface area contributed by atoms with Crippen molar-refractivity contribution in [2.45, 2.75) is 32.1 Å². The van der Waals surface area contributed by atoms with Crippen LogP contribution in [0.25, 0.3) is 0 Å². The molecule has 2 heterocycles. The number of rotatable bonds is 4. The summed E-state index contributed by atoms with van der Waals surface area (Å²) in [5.41, 5.74) is -1.02. The number of carbonyl (C=O) groups excluding carboxylic acids is 1. The molecule has 2 amide bonds. The van der Waals surface area contributed by atoms with E-state index in [0.29, 0.717) is 39.3 Å². The van der Waals surface area contributed by atoms with Gasteiger partial charge in [-0.25, -0.2) is 13.6 Å². The first-order valence-corrected chi connectivity index (χ1v) is 8.32. The van der Waals surface area contributed by atoms with Crippen molar-refractivity contribution in [3.8, 4) is 0 Å². The Hall–Kier alpha value is -0.950. The number of methoxy groups -OCH3 is 1. The molecule has 2 saturated heterocycles. The second-order valence-electron chi connectivity index (χ2n) is 7.49. The van der Waals surface area contributed by atoms with E-state index in [4.69, 9.17) is 9.47 Å². The Kier molecular flexibility index (Phi) is 4.29. The number of hydrogen-bond acceptors (Lipinski definition) is 3. The fourth-order valence-corrected chi connectivity index (χ4v) is 4.05. The summed E-state index contributed by atoms with van der Waals surface area (Å²) in [6, 6.07) is -0.239. The molecule has 0 bridgehead atoms. The summed E-state index contributed by atoms with van der Waals surface area (Å²) < 4.78 is 38.2. The summed E-state index contributed by atoms with van der Waals surface area (Å²) in [5.74, 6) is -3.31. The highest BCUT2D eigenvalue weighted by atomic mass is 19.3. The Morgan fingerprint density at radius 2 is 2.04 bits per heavy atom. The van der Waals surface area contributed by atoms with Gasteiger partial charge in [0, 0.05) is 50.8 Å². The Balaban J connectivity index is 1.53. The molecule has 132 valence electrons. The Bertz CT molecular complexity index is 463. The van der Waals surface area contributed by atoms with Gasteiger partial charge in [0.25, 0.3) is 5.92 Å². The van der Waals surface area contributed by atoms with Crippen LogP contribution in [0, 0.1) is 16.7 Å². The first-order chi connectivity index (χ1) is 10.8. The third-order valence-electron chi connectivity index (χ3n) is 6.09. The highest BCUT2D eigenvalue weighted by Crippen LogP contribution is 2.69. The van der Waals surface area contributed by atoms with Crippen molar-refractivity contribution in [2.75, 3.05) is 46.6 Å². The molecule has 0 aromatic rings. The molecule has 0 aromatic carbocycles. The van der Waals surface area contributed by atoms with Crippen LogP contribution < -0.4 is 5.32 Å². The van der Waals surface area contributed by atoms with Gasteiger partial charge in [-0.15, -0.1) is 0 Å². The van der Waals surface area contributed by atoms with Crippen molar-refractivity contribution < 1.29 is 23.0 Å². The van der Waals surface area contributed by atoms with Crippen molar-refractivity contribution in [1.82, 2.24) is 10.2 Å². The number of fused-ring (bicyclic) bond motifs is 1. The zero-order valence-electron chi connectivity index (χ0n) is 13.9. The topological polar surface area (TPSA) is 50.8 Å². The highest BCUT2D eigenvalue weighted by molar-refractivity contribution is 5.74. The minimum absolute atomic E-state index is 0.115. The minimum atomic E-state index is -2.62. The van der Waals surface area contributed by atoms with Crippen LogP contribution in [0.5, 0.6) is 0 Å². The van der Waals surface area contributed by atoms with Gasteiger partial charge >= 0.3 is 6.03 Å². The number of amides is 2. The number of alkyl halides is 2. The zero-order chi connectivity index (χ0) is 16.7. The molecule has 0 spiro atoms. The monoisotopic (exact) mass is 332 g/mol. The van der Waals surface area contributed by atoms with Crippen LogP contribution in [0.4, 0.5) is 13.6 Å². The van der Waals surface area contributed by atoms with Gasteiger partial charge in [0.2, 0.25) is 0 Å². The second-order valence-corrected chi connectivity index (χ2v) is 7.49. The van der Waals surface area contributed by atoms with Crippen LogP contribution in [-0.4, -0.2) is 63.4 Å². The van der Waals surface area contributed by atoms with Crippen LogP contribution in [0.15, 0.2) is 0 Å². The predicted octanol–water partition coefficient (Wildman–Crippen LogP) is 2.12. The molecule has 1 aliphatic carbocycles. The van der Waals surface area contributed by atoms with Gasteiger partial charge in [0.15, 0.2) is 0 Å². The third-order valence-corrected chi connectivity index (χ3v) is 6.09. The number of piperidine rings is 1. The van der Waals surface area contributed by atoms with Gasteiger partial charge in [-0.2, -0.15) is 0 Å². The summed E-state index contributed by atoms with van der Waals surface area (Å²) in [4.78, 5) is 13.9. The molecule has 0 aromatic heterocycles. The Morgan fingerprint density at radius 1 is 1.35 bits per heavy atom. The molecule has 23 heavy (non-hydrogen) atoms. The lowest BCUT2D eigenvalue weighted by atomic mass is 9.81. The van der Waals surface area contributed by atoms with E-state index in [0.717, 1.165) is 12.8 Å². The van der Waals surface area contributed by atoms with Crippen molar-refractivity contribution in [2.24, 2.45) is 16.7 Å². The van der Waals surface area contributed by atoms with E-state index in [2.05, 4.69) is 5.32 Å². The summed E-state index contributed by atoms with van der Waals surface area (Å²) in [7, 11) is 1.65. The average Bonchev–Trinajstić information content (AvgIpc) is 2.99. The first kappa shape index (κ1) is 16.9. The third kappa shape index (κ3) is 2.82. The number of nitrogens with one attached hydrogen (secondary N) is 1. The van der Waals surface area contributed by atoms with Crippen LogP contribution >= 0.6 is 0 Å². The van der Waals surface area contributed by atoms with Gasteiger partial charge in [0.1, 0.15) is 0 Å². The van der Waals surface area contributed by atoms with Crippen LogP contribution in [0.2, 0.25) is 0 Å². The quantitative estimate of drug-likeness (QED) is 0.858. The number of hydrogen-bond donors (Lipinski definition) is 1. The molecular formula is C16H26F2N2O3. The SMILES string of the molecule is COCC1(CNC(=O)N2CCC3(C)C(C2)C3(F)F)CCOCC1. The molecule has 2 aliphatic heterocycles. The number of halogens is 2. The predicted molar refractivity (Wildman–Crippen MR) is 80.5 cm³/mol. The van der Waals surface area contributed by atoms with Gasteiger partial charge in [-0.1, -0.05) is 6.92 Å². The fourth-order valence-electron chi connectivity index (χ4n) is 4.05. The normalized spacial score (nSPS) is 34.6. The average molecular weight is 332 g/mol. The Labute approximate surface area is 135 Å². The van der Waals surface area contributed by atoms with Gasteiger partial charge < -0.3 is 19.7 Å². The van der Waals surface area contributed by atoms with Crippen molar-refractivity contribution in [3.05, 3.63) is 0 Å². The van der Waals surface area contributed by atoms with Crippen LogP contribution in [0.3, 0.4) is 0 Å². The number of nitrogens with zero attached hydrogens (tertiary/aromatic N) is 1. The number of likely N-dealkylation sites (tertiary alicyclic amines) is 1. The van der Waals surface area contributed by atoms with E-state index >= 15 is 0 Å². The molecule has 3 rings (SSSR count). The number of carbonyl (C=O) groups is 1. The van der Waals surface area contributed by atoms with E-state index in [9.17, 15) is 13.6 Å². The summed E-state index contributed by atoms with van der Waals surface area (Å²) in [6.07, 6.45) is 2.04. The van der Waals surface area contributed by atoms with Gasteiger partial charge in [0.05, 0.1) is 12.5 Å². The van der Waals surface area contributed by atoms with E-state index in [-0.39, 0.29) is 18.0 Å². The minimum Gasteiger partial charge on any atom is -0.384 e. The smallest absolute Gasteiger partial charge is 0.317 e. The van der Waals surface area contributed by atoms with Crippen molar-refractivity contribution in [1.29, 1.82) is 0 Å². The van der Waals surface area contributed by atoms with Gasteiger partial charge in [-0.3, -0.25) is 0 Å². The molecule has 1 N–H and O–H groups in total. The summed E-state index contributed by atoms with van der Waals surface area (Å²) in [5, 5.41) is 2.93. The van der Waals surface area contributed by atoms with E-state index in [1.54, 1.807) is 14.0 Å². The lowest BCUT2D eigenvalue weighted by Gasteiger charge is -2.37. The molecule has 3 aliphatic rings. The number of ether oxygens (including phenoxy) is 2. The highest BCUT2D eigenvalue weighted by Gasteiger charge is 2.78. The second kappa shape index (κ2) is 5.84. The molecule has 3 fully saturated rings. The van der Waals surface area contributed by atoms with Crippen molar-refractivity contribution in [3.63, 3.8) is 0 Å². The molecule has 0 radical (unpaired) electrons. The lowest BCUT2D eigenvalue weighted by molar-refractivity contribution is -0.0260. The maximum absolute atomic E-state index is 13.8. The molecular weight excluding hydrogens is 306 g/mol. The zero-order valence-corrected chi connectivity index (χ0v) is 13.9.